The second kappa shape index (κ2) is 7.47. The van der Waals surface area contributed by atoms with E-state index in [-0.39, 0.29) is 11.3 Å². The fourth-order valence-electron chi connectivity index (χ4n) is 7.21. The third-order valence-electron chi connectivity index (χ3n) is 8.17. The highest BCUT2D eigenvalue weighted by atomic mass is 16.3. The molecule has 0 radical (unpaired) electrons. The first-order chi connectivity index (χ1) is 15.4. The summed E-state index contributed by atoms with van der Waals surface area (Å²) in [5.41, 5.74) is 4.89. The average Bonchev–Trinajstić information content (AvgIpc) is 3.16. The minimum absolute atomic E-state index is 0.156. The van der Waals surface area contributed by atoms with Gasteiger partial charge in [-0.05, 0) is 104 Å². The summed E-state index contributed by atoms with van der Waals surface area (Å²) in [7, 11) is 0. The van der Waals surface area contributed by atoms with Crippen LogP contribution in [0, 0.1) is 23.2 Å². The Balaban J connectivity index is 1.19. The molecule has 1 heterocycles. The Morgan fingerprint density at radius 3 is 2.47 bits per heavy atom. The van der Waals surface area contributed by atoms with Crippen molar-refractivity contribution in [3.05, 3.63) is 48.0 Å². The Bertz CT molecular complexity index is 1140. The Labute approximate surface area is 189 Å². The van der Waals surface area contributed by atoms with Crippen LogP contribution < -0.4 is 5.32 Å². The number of nitrogens with zero attached hydrogens (tertiary/aromatic N) is 1. The van der Waals surface area contributed by atoms with Gasteiger partial charge in [0.15, 0.2) is 5.58 Å². The summed E-state index contributed by atoms with van der Waals surface area (Å²) in [6, 6.07) is 14.1. The number of hydrogen-bond acceptors (Lipinski definition) is 3. The first-order valence-electron chi connectivity index (χ1n) is 12.3. The molecule has 4 fully saturated rings. The van der Waals surface area contributed by atoms with Crippen molar-refractivity contribution >= 4 is 22.7 Å². The van der Waals surface area contributed by atoms with Crippen molar-refractivity contribution in [2.75, 3.05) is 5.32 Å². The van der Waals surface area contributed by atoms with Gasteiger partial charge in [-0.25, -0.2) is 4.98 Å². The first kappa shape index (κ1) is 20.0. The molecule has 0 spiro atoms. The van der Waals surface area contributed by atoms with E-state index in [1.54, 1.807) is 0 Å². The number of carbonyl (C=O) groups excluding carboxylic acids is 1. The number of aromatic nitrogens is 1. The molecule has 4 heteroatoms. The highest BCUT2D eigenvalue weighted by Crippen LogP contribution is 2.61. The van der Waals surface area contributed by atoms with Crippen LogP contribution in [0.3, 0.4) is 0 Å². The van der Waals surface area contributed by atoms with Crippen molar-refractivity contribution < 1.29 is 9.21 Å². The van der Waals surface area contributed by atoms with Crippen LogP contribution in [0.2, 0.25) is 0 Å². The van der Waals surface area contributed by atoms with Crippen molar-refractivity contribution in [1.82, 2.24) is 4.98 Å². The number of fused-ring (bicyclic) bond motifs is 1. The number of hydrogen-bond donors (Lipinski definition) is 1. The van der Waals surface area contributed by atoms with E-state index in [2.05, 4.69) is 31.3 Å². The molecule has 0 unspecified atom stereocenters. The van der Waals surface area contributed by atoms with Crippen LogP contribution in [0.4, 0.5) is 5.69 Å². The molecular formula is C28H32N2O2. The second-order valence-corrected chi connectivity index (χ2v) is 11.1. The van der Waals surface area contributed by atoms with Gasteiger partial charge in [0, 0.05) is 17.7 Å². The van der Waals surface area contributed by atoms with Gasteiger partial charge in [0.25, 0.3) is 0 Å². The maximum Gasteiger partial charge on any atom is 0.227 e. The van der Waals surface area contributed by atoms with E-state index in [4.69, 9.17) is 9.40 Å². The van der Waals surface area contributed by atoms with E-state index in [1.165, 1.54) is 44.1 Å². The summed E-state index contributed by atoms with van der Waals surface area (Å²) >= 11 is 0. The lowest BCUT2D eigenvalue weighted by atomic mass is 9.49. The smallest absolute Gasteiger partial charge is 0.227 e. The minimum atomic E-state index is 0.156. The van der Waals surface area contributed by atoms with Crippen LogP contribution in [0.15, 0.2) is 46.9 Å². The normalized spacial score (nSPS) is 28.5. The quantitative estimate of drug-likeness (QED) is 0.469. The molecule has 0 saturated heterocycles. The molecule has 166 valence electrons. The lowest BCUT2D eigenvalue weighted by molar-refractivity contribution is -0.124. The summed E-state index contributed by atoms with van der Waals surface area (Å²) in [5, 5.41) is 3.18. The third kappa shape index (κ3) is 3.64. The molecule has 32 heavy (non-hydrogen) atoms. The summed E-state index contributed by atoms with van der Waals surface area (Å²) in [6.07, 6.45) is 8.67. The fourth-order valence-corrected chi connectivity index (χ4v) is 7.21. The molecule has 4 bridgehead atoms. The summed E-state index contributed by atoms with van der Waals surface area (Å²) in [5.74, 6) is 3.81. The SMILES string of the molecule is CC(C)c1ccc2oc(-c3cccc(NC(=O)CC45CC6CC(CC(C6)C4)C5)c3)nc2c1. The second-order valence-electron chi connectivity index (χ2n) is 11.1. The first-order valence-corrected chi connectivity index (χ1v) is 12.3. The predicted molar refractivity (Wildman–Crippen MR) is 127 cm³/mol. The molecule has 7 rings (SSSR count). The van der Waals surface area contributed by atoms with Crippen LogP contribution in [-0.4, -0.2) is 10.9 Å². The summed E-state index contributed by atoms with van der Waals surface area (Å²) in [4.78, 5) is 17.8. The fraction of sp³-hybridized carbons (Fsp3) is 0.500. The van der Waals surface area contributed by atoms with Gasteiger partial charge in [0.1, 0.15) is 5.52 Å². The number of oxazole rings is 1. The number of benzene rings is 2. The zero-order valence-corrected chi connectivity index (χ0v) is 19.1. The van der Waals surface area contributed by atoms with Gasteiger partial charge in [-0.1, -0.05) is 26.0 Å². The third-order valence-corrected chi connectivity index (χ3v) is 8.17. The van der Waals surface area contributed by atoms with Gasteiger partial charge in [-0.15, -0.1) is 0 Å². The zero-order chi connectivity index (χ0) is 21.9. The van der Waals surface area contributed by atoms with Crippen LogP contribution in [-0.2, 0) is 4.79 Å². The molecule has 1 amide bonds. The van der Waals surface area contributed by atoms with Crippen LogP contribution in [0.25, 0.3) is 22.6 Å². The lowest BCUT2D eigenvalue weighted by Crippen LogP contribution is -2.47. The summed E-state index contributed by atoms with van der Waals surface area (Å²) < 4.78 is 6.02. The van der Waals surface area contributed by atoms with E-state index in [0.29, 0.717) is 18.2 Å². The standard InChI is InChI=1S/C28H32N2O2/c1-17(2)21-6-7-25-24(12-21)30-27(32-25)22-4-3-5-23(11-22)29-26(31)16-28-13-18-8-19(14-28)10-20(9-18)15-28/h3-7,11-12,17-20H,8-10,13-16H2,1-2H3,(H,29,31). The number of rotatable bonds is 5. The van der Waals surface area contributed by atoms with Gasteiger partial charge >= 0.3 is 0 Å². The molecule has 4 saturated carbocycles. The summed E-state index contributed by atoms with van der Waals surface area (Å²) in [6.45, 7) is 4.36. The van der Waals surface area contributed by atoms with E-state index in [0.717, 1.165) is 40.1 Å². The maximum atomic E-state index is 13.0. The number of carbonyl (C=O) groups is 1. The maximum absolute atomic E-state index is 13.0. The largest absolute Gasteiger partial charge is 0.436 e. The van der Waals surface area contributed by atoms with Crippen LogP contribution >= 0.6 is 0 Å². The van der Waals surface area contributed by atoms with E-state index in [1.807, 2.05) is 30.3 Å². The van der Waals surface area contributed by atoms with Crippen LogP contribution in [0.1, 0.15) is 70.3 Å². The van der Waals surface area contributed by atoms with Crippen LogP contribution in [0.5, 0.6) is 0 Å². The topological polar surface area (TPSA) is 55.1 Å². The van der Waals surface area contributed by atoms with Crippen molar-refractivity contribution in [2.24, 2.45) is 23.2 Å². The molecule has 1 aromatic heterocycles. The van der Waals surface area contributed by atoms with Gasteiger partial charge in [-0.3, -0.25) is 4.79 Å². The van der Waals surface area contributed by atoms with Gasteiger partial charge in [0.05, 0.1) is 0 Å². The number of anilines is 1. The lowest BCUT2D eigenvalue weighted by Gasteiger charge is -2.56. The molecule has 1 N–H and O–H groups in total. The van der Waals surface area contributed by atoms with Gasteiger partial charge in [0.2, 0.25) is 11.8 Å². The highest BCUT2D eigenvalue weighted by Gasteiger charge is 2.51. The molecule has 3 aromatic rings. The average molecular weight is 429 g/mol. The van der Waals surface area contributed by atoms with E-state index >= 15 is 0 Å². The molecule has 0 aliphatic heterocycles. The van der Waals surface area contributed by atoms with Crippen molar-refractivity contribution in [3.8, 4) is 11.5 Å². The Morgan fingerprint density at radius 2 is 1.78 bits per heavy atom. The van der Waals surface area contributed by atoms with E-state index < -0.39 is 0 Å². The van der Waals surface area contributed by atoms with E-state index in [9.17, 15) is 4.79 Å². The predicted octanol–water partition coefficient (Wildman–Crippen LogP) is 7.16. The molecular weight excluding hydrogens is 396 g/mol. The zero-order valence-electron chi connectivity index (χ0n) is 19.1. The van der Waals surface area contributed by atoms with Crippen molar-refractivity contribution in [1.29, 1.82) is 0 Å². The molecule has 4 nitrogen and oxygen atoms in total. The van der Waals surface area contributed by atoms with Crippen molar-refractivity contribution in [2.45, 2.75) is 64.7 Å². The minimum Gasteiger partial charge on any atom is -0.436 e. The monoisotopic (exact) mass is 428 g/mol. The van der Waals surface area contributed by atoms with Crippen molar-refractivity contribution in [3.63, 3.8) is 0 Å². The Morgan fingerprint density at radius 1 is 1.06 bits per heavy atom. The molecule has 4 aliphatic rings. The Hall–Kier alpha value is -2.62. The van der Waals surface area contributed by atoms with Gasteiger partial charge < -0.3 is 9.73 Å². The number of amides is 1. The molecule has 4 aliphatic carbocycles. The number of nitrogens with one attached hydrogen (secondary N) is 1. The molecule has 0 atom stereocenters. The Kier molecular flexibility index (Phi) is 4.67. The molecule has 2 aromatic carbocycles. The van der Waals surface area contributed by atoms with Gasteiger partial charge in [-0.2, -0.15) is 0 Å². The highest BCUT2D eigenvalue weighted by molar-refractivity contribution is 5.92.